The molecule has 2 rings (SSSR count). The summed E-state index contributed by atoms with van der Waals surface area (Å²) in [6.07, 6.45) is 3.80. The molecule has 1 aliphatic heterocycles. The Labute approximate surface area is 82.0 Å². The number of nitrogens with zero attached hydrogens (tertiary/aromatic N) is 1. The molecule has 0 radical (unpaired) electrons. The molecule has 0 bridgehead atoms. The normalized spacial score (nSPS) is 15.6. The number of rotatable bonds is 1. The van der Waals surface area contributed by atoms with Crippen LogP contribution in [0.1, 0.15) is 0 Å². The van der Waals surface area contributed by atoms with Crippen LogP contribution in [-0.4, -0.2) is 6.67 Å². The van der Waals surface area contributed by atoms with E-state index >= 15 is 0 Å². The van der Waals surface area contributed by atoms with Gasteiger partial charge in [0.1, 0.15) is 0 Å². The monoisotopic (exact) mass is 195 g/mol. The predicted octanol–water partition coefficient (Wildman–Crippen LogP) is 1.68. The van der Waals surface area contributed by atoms with Crippen molar-refractivity contribution >= 4 is 17.3 Å². The highest BCUT2D eigenvalue weighted by atomic mass is 35.5. The minimum absolute atomic E-state index is 0.725. The molecule has 0 aromatic heterocycles. The van der Waals surface area contributed by atoms with Crippen LogP contribution in [0.25, 0.3) is 0 Å². The smallest absolute Gasteiger partial charge is 0.0829 e. The van der Waals surface area contributed by atoms with Crippen molar-refractivity contribution in [1.82, 2.24) is 10.7 Å². The van der Waals surface area contributed by atoms with E-state index in [4.69, 9.17) is 11.6 Å². The lowest BCUT2D eigenvalue weighted by atomic mass is 10.3. The molecule has 68 valence electrons. The van der Waals surface area contributed by atoms with Gasteiger partial charge < -0.3 is 5.32 Å². The highest BCUT2D eigenvalue weighted by molar-refractivity contribution is 6.30. The molecule has 0 amide bonds. The SMILES string of the molecule is Clc1cccc(N2C=CNCN2)c1. The van der Waals surface area contributed by atoms with Gasteiger partial charge in [-0.15, -0.1) is 0 Å². The minimum Gasteiger partial charge on any atom is -0.376 e. The zero-order chi connectivity index (χ0) is 9.10. The number of hydrogen-bond acceptors (Lipinski definition) is 3. The van der Waals surface area contributed by atoms with E-state index in [-0.39, 0.29) is 0 Å². The molecule has 0 spiro atoms. The molecular weight excluding hydrogens is 186 g/mol. The van der Waals surface area contributed by atoms with Gasteiger partial charge >= 0.3 is 0 Å². The number of anilines is 1. The lowest BCUT2D eigenvalue weighted by Gasteiger charge is -2.25. The van der Waals surface area contributed by atoms with Crippen LogP contribution in [-0.2, 0) is 0 Å². The fourth-order valence-corrected chi connectivity index (χ4v) is 1.36. The molecule has 1 aliphatic rings. The van der Waals surface area contributed by atoms with Crippen LogP contribution in [0.4, 0.5) is 5.69 Å². The molecule has 1 aromatic rings. The number of nitrogens with one attached hydrogen (secondary N) is 2. The summed E-state index contributed by atoms with van der Waals surface area (Å²) >= 11 is 5.87. The van der Waals surface area contributed by atoms with Gasteiger partial charge in [-0.2, -0.15) is 0 Å². The molecule has 0 aliphatic carbocycles. The Morgan fingerprint density at radius 3 is 3.00 bits per heavy atom. The average molecular weight is 196 g/mol. The van der Waals surface area contributed by atoms with Gasteiger partial charge in [0.05, 0.1) is 12.4 Å². The second-order valence-electron chi connectivity index (χ2n) is 2.70. The Kier molecular flexibility index (Phi) is 2.38. The van der Waals surface area contributed by atoms with Crippen LogP contribution in [0.2, 0.25) is 5.02 Å². The third kappa shape index (κ3) is 1.94. The van der Waals surface area contributed by atoms with Gasteiger partial charge in [-0.3, -0.25) is 5.01 Å². The second-order valence-corrected chi connectivity index (χ2v) is 3.14. The van der Waals surface area contributed by atoms with Crippen molar-refractivity contribution < 1.29 is 0 Å². The Morgan fingerprint density at radius 2 is 2.31 bits per heavy atom. The van der Waals surface area contributed by atoms with Gasteiger partial charge in [0.15, 0.2) is 0 Å². The maximum Gasteiger partial charge on any atom is 0.0829 e. The molecule has 0 unspecified atom stereocenters. The fraction of sp³-hybridized carbons (Fsp3) is 0.111. The summed E-state index contributed by atoms with van der Waals surface area (Å²) < 4.78 is 0. The largest absolute Gasteiger partial charge is 0.376 e. The molecule has 0 fully saturated rings. The van der Waals surface area contributed by atoms with E-state index < -0.39 is 0 Å². The van der Waals surface area contributed by atoms with Crippen molar-refractivity contribution in [1.29, 1.82) is 0 Å². The zero-order valence-electron chi connectivity index (χ0n) is 7.00. The molecule has 1 aromatic carbocycles. The zero-order valence-corrected chi connectivity index (χ0v) is 7.75. The van der Waals surface area contributed by atoms with Crippen molar-refractivity contribution in [2.24, 2.45) is 0 Å². The molecule has 1 heterocycles. The second kappa shape index (κ2) is 3.68. The average Bonchev–Trinajstić information content (AvgIpc) is 2.19. The highest BCUT2D eigenvalue weighted by Gasteiger charge is 2.04. The van der Waals surface area contributed by atoms with Gasteiger partial charge in [0.25, 0.3) is 0 Å². The van der Waals surface area contributed by atoms with Gasteiger partial charge in [-0.05, 0) is 18.2 Å². The van der Waals surface area contributed by atoms with E-state index in [0.717, 1.165) is 17.4 Å². The number of hydrogen-bond donors (Lipinski definition) is 2. The molecule has 0 atom stereocenters. The van der Waals surface area contributed by atoms with E-state index in [9.17, 15) is 0 Å². The maximum absolute atomic E-state index is 5.87. The first-order valence-corrected chi connectivity index (χ1v) is 4.42. The van der Waals surface area contributed by atoms with Crippen molar-refractivity contribution in [3.63, 3.8) is 0 Å². The maximum atomic E-state index is 5.87. The van der Waals surface area contributed by atoms with E-state index in [1.54, 1.807) is 0 Å². The first-order chi connectivity index (χ1) is 6.36. The lowest BCUT2D eigenvalue weighted by molar-refractivity contribution is 0.627. The van der Waals surface area contributed by atoms with Crippen molar-refractivity contribution in [3.8, 4) is 0 Å². The molecule has 13 heavy (non-hydrogen) atoms. The van der Waals surface area contributed by atoms with Crippen LogP contribution >= 0.6 is 11.6 Å². The van der Waals surface area contributed by atoms with E-state index in [0.29, 0.717) is 0 Å². The summed E-state index contributed by atoms with van der Waals surface area (Å²) in [7, 11) is 0. The predicted molar refractivity (Wildman–Crippen MR) is 54.2 cm³/mol. The third-order valence-corrected chi connectivity index (χ3v) is 2.01. The van der Waals surface area contributed by atoms with Crippen molar-refractivity contribution in [3.05, 3.63) is 41.7 Å². The molecule has 0 saturated carbocycles. The summed E-state index contributed by atoms with van der Waals surface area (Å²) in [5, 5.41) is 5.69. The van der Waals surface area contributed by atoms with E-state index in [1.165, 1.54) is 0 Å². The topological polar surface area (TPSA) is 27.3 Å². The first-order valence-electron chi connectivity index (χ1n) is 4.04. The van der Waals surface area contributed by atoms with Crippen LogP contribution in [0.15, 0.2) is 36.7 Å². The summed E-state index contributed by atoms with van der Waals surface area (Å²) in [5.74, 6) is 0. The summed E-state index contributed by atoms with van der Waals surface area (Å²) in [6, 6.07) is 7.69. The number of halogens is 1. The number of benzene rings is 1. The molecular formula is C9H10ClN3. The number of hydrazine groups is 1. The molecule has 4 heteroatoms. The van der Waals surface area contributed by atoms with Crippen LogP contribution in [0, 0.1) is 0 Å². The summed E-state index contributed by atoms with van der Waals surface area (Å²) in [5.41, 5.74) is 4.17. The lowest BCUT2D eigenvalue weighted by Crippen LogP contribution is -2.42. The standard InChI is InChI=1S/C9H10ClN3/c10-8-2-1-3-9(6-8)13-5-4-11-7-12-13/h1-6,11-12H,7H2. The Morgan fingerprint density at radius 1 is 1.38 bits per heavy atom. The van der Waals surface area contributed by atoms with E-state index in [2.05, 4.69) is 10.7 Å². The first kappa shape index (κ1) is 8.41. The molecule has 3 nitrogen and oxygen atoms in total. The molecule has 0 saturated heterocycles. The van der Waals surface area contributed by atoms with Crippen molar-refractivity contribution in [2.45, 2.75) is 0 Å². The Balaban J connectivity index is 2.24. The summed E-state index contributed by atoms with van der Waals surface area (Å²) in [6.45, 7) is 0.725. The van der Waals surface area contributed by atoms with Crippen molar-refractivity contribution in [2.75, 3.05) is 11.7 Å². The quantitative estimate of drug-likeness (QED) is 0.714. The third-order valence-electron chi connectivity index (χ3n) is 1.78. The highest BCUT2D eigenvalue weighted by Crippen LogP contribution is 2.18. The van der Waals surface area contributed by atoms with Gasteiger partial charge in [-0.1, -0.05) is 17.7 Å². The van der Waals surface area contributed by atoms with E-state index in [1.807, 2.05) is 41.7 Å². The Hall–Kier alpha value is -1.19. The fourth-order valence-electron chi connectivity index (χ4n) is 1.17. The van der Waals surface area contributed by atoms with Gasteiger partial charge in [-0.25, -0.2) is 5.43 Å². The van der Waals surface area contributed by atoms with Gasteiger partial charge in [0, 0.05) is 17.4 Å². The van der Waals surface area contributed by atoms with Gasteiger partial charge in [0.2, 0.25) is 0 Å². The minimum atomic E-state index is 0.725. The van der Waals surface area contributed by atoms with Crippen LogP contribution in [0.3, 0.4) is 0 Å². The van der Waals surface area contributed by atoms with Crippen LogP contribution < -0.4 is 15.8 Å². The summed E-state index contributed by atoms with van der Waals surface area (Å²) in [4.78, 5) is 0. The van der Waals surface area contributed by atoms with Crippen LogP contribution in [0.5, 0.6) is 0 Å². The Bertz CT molecular complexity index is 324. The molecule has 2 N–H and O–H groups in total.